The summed E-state index contributed by atoms with van der Waals surface area (Å²) in [6, 6.07) is 33.8. The van der Waals surface area contributed by atoms with Crippen LogP contribution in [-0.2, 0) is 12.8 Å². The molecule has 0 aliphatic heterocycles. The first-order valence-corrected chi connectivity index (χ1v) is 16.1. The average molecular weight is 595 g/mol. The van der Waals surface area contributed by atoms with Gasteiger partial charge in [0.25, 0.3) is 0 Å². The van der Waals surface area contributed by atoms with Crippen LogP contribution < -0.4 is 0 Å². The zero-order chi connectivity index (χ0) is 31.0. The minimum Gasteiger partial charge on any atom is -0.258 e. The Kier molecular flexibility index (Phi) is 7.18. The Morgan fingerprint density at radius 3 is 1.70 bits per heavy atom. The maximum atomic E-state index is 5.10. The molecule has 4 heteroatoms. The van der Waals surface area contributed by atoms with Crippen LogP contribution in [0.1, 0.15) is 46.5 Å². The zero-order valence-corrected chi connectivity index (χ0v) is 26.2. The normalized spacial score (nSPS) is 13.3. The van der Waals surface area contributed by atoms with Crippen molar-refractivity contribution < 1.29 is 0 Å². The van der Waals surface area contributed by atoms with Gasteiger partial charge in [0.1, 0.15) is 0 Å². The highest BCUT2D eigenvalue weighted by Gasteiger charge is 2.21. The Morgan fingerprint density at radius 1 is 0.478 bits per heavy atom. The van der Waals surface area contributed by atoms with Gasteiger partial charge in [0, 0.05) is 33.6 Å². The highest BCUT2D eigenvalue weighted by Crippen LogP contribution is 2.41. The van der Waals surface area contributed by atoms with E-state index in [1.165, 1.54) is 27.8 Å². The van der Waals surface area contributed by atoms with Crippen molar-refractivity contribution in [1.29, 1.82) is 0 Å². The van der Waals surface area contributed by atoms with Gasteiger partial charge >= 0.3 is 0 Å². The quantitative estimate of drug-likeness (QED) is 0.199. The monoisotopic (exact) mass is 594 g/mol. The number of aromatic nitrogens is 4. The Bertz CT molecular complexity index is 2100. The fourth-order valence-electron chi connectivity index (χ4n) is 6.84. The molecule has 222 valence electrons. The van der Waals surface area contributed by atoms with E-state index < -0.39 is 0 Å². The van der Waals surface area contributed by atoms with E-state index >= 15 is 0 Å². The summed E-state index contributed by atoms with van der Waals surface area (Å²) in [5, 5.41) is 0. The fourth-order valence-corrected chi connectivity index (χ4v) is 6.84. The first-order valence-electron chi connectivity index (χ1n) is 16.1. The van der Waals surface area contributed by atoms with Gasteiger partial charge in [0.2, 0.25) is 0 Å². The first kappa shape index (κ1) is 28.0. The van der Waals surface area contributed by atoms with Crippen LogP contribution in [0.5, 0.6) is 0 Å². The summed E-state index contributed by atoms with van der Waals surface area (Å²) in [5.74, 6) is 1.96. The van der Waals surface area contributed by atoms with Gasteiger partial charge in [-0.3, -0.25) is 4.98 Å². The summed E-state index contributed by atoms with van der Waals surface area (Å²) < 4.78 is 0. The van der Waals surface area contributed by atoms with Gasteiger partial charge in [-0.2, -0.15) is 0 Å². The maximum Gasteiger partial charge on any atom is 0.164 e. The molecule has 0 atom stereocenters. The van der Waals surface area contributed by atoms with E-state index in [1.807, 2.05) is 43.3 Å². The standard InChI is InChI=1S/C42H34N4/c1-27-21-22-35(28(2)43-27)32-23-33(39-26-31-17-9-10-18-36(31)37-19-11-12-20-38(37)39)25-34(24-32)42-45-40(29-13-5-3-6-14-29)44-41(46-42)30-15-7-4-8-16-30/h3-9,12-17,20-26H,10-11,18-19H2,1-2H3. The van der Waals surface area contributed by atoms with Crippen LogP contribution in [0.15, 0.2) is 109 Å². The number of benzene rings is 4. The number of pyridine rings is 1. The van der Waals surface area contributed by atoms with Gasteiger partial charge in [-0.05, 0) is 109 Å². The van der Waals surface area contributed by atoms with Crippen molar-refractivity contribution in [3.63, 3.8) is 0 Å². The molecule has 0 saturated heterocycles. The highest BCUT2D eigenvalue weighted by atomic mass is 15.0. The molecule has 0 bridgehead atoms. The zero-order valence-electron chi connectivity index (χ0n) is 26.2. The van der Waals surface area contributed by atoms with E-state index in [1.54, 1.807) is 0 Å². The van der Waals surface area contributed by atoms with Crippen LogP contribution in [-0.4, -0.2) is 19.9 Å². The lowest BCUT2D eigenvalue weighted by molar-refractivity contribution is 0.906. The molecule has 4 aromatic carbocycles. The van der Waals surface area contributed by atoms with E-state index in [0.717, 1.165) is 70.5 Å². The largest absolute Gasteiger partial charge is 0.258 e. The number of allylic oxidation sites excluding steroid dienone is 2. The number of aryl methyl sites for hydroxylation is 2. The summed E-state index contributed by atoms with van der Waals surface area (Å²) in [6.45, 7) is 4.13. The number of fused-ring (bicyclic) bond motifs is 3. The Morgan fingerprint density at radius 2 is 1.04 bits per heavy atom. The van der Waals surface area contributed by atoms with E-state index in [2.05, 4.69) is 91.9 Å². The SMILES string of the molecule is Cc1ccc(-c2cc(-c3nc(-c4ccccc4)nc(-c4ccccc4)n3)cc(-c3cc4c(c5c3C=CCC5)CCC=C4)c2)c(C)n1. The first-order chi connectivity index (χ1) is 22.6. The summed E-state index contributed by atoms with van der Waals surface area (Å²) in [7, 11) is 0. The Balaban J connectivity index is 1.39. The molecule has 46 heavy (non-hydrogen) atoms. The number of hydrogen-bond acceptors (Lipinski definition) is 4. The van der Waals surface area contributed by atoms with E-state index in [0.29, 0.717) is 17.5 Å². The minimum atomic E-state index is 0.649. The molecule has 0 unspecified atom stereocenters. The third kappa shape index (κ3) is 5.26. The second kappa shape index (κ2) is 11.8. The Labute approximate surface area is 270 Å². The van der Waals surface area contributed by atoms with Crippen LogP contribution >= 0.6 is 0 Å². The summed E-state index contributed by atoms with van der Waals surface area (Å²) in [5.41, 5.74) is 15.2. The molecule has 2 aliphatic carbocycles. The fraction of sp³-hybridized carbons (Fsp3) is 0.143. The molecule has 2 aliphatic rings. The smallest absolute Gasteiger partial charge is 0.164 e. The van der Waals surface area contributed by atoms with Crippen molar-refractivity contribution in [3.05, 3.63) is 143 Å². The third-order valence-corrected chi connectivity index (χ3v) is 9.07. The maximum absolute atomic E-state index is 5.10. The van der Waals surface area contributed by atoms with Gasteiger partial charge in [-0.15, -0.1) is 0 Å². The molecule has 0 fully saturated rings. The second-order valence-electron chi connectivity index (χ2n) is 12.2. The minimum absolute atomic E-state index is 0.649. The molecule has 8 rings (SSSR count). The average Bonchev–Trinajstić information content (AvgIpc) is 3.11. The van der Waals surface area contributed by atoms with Crippen LogP contribution in [0.2, 0.25) is 0 Å². The Hall–Kier alpha value is -5.48. The molecule has 0 N–H and O–H groups in total. The predicted octanol–water partition coefficient (Wildman–Crippen LogP) is 10.1. The van der Waals surface area contributed by atoms with Gasteiger partial charge < -0.3 is 0 Å². The van der Waals surface area contributed by atoms with Crippen molar-refractivity contribution in [2.45, 2.75) is 39.5 Å². The van der Waals surface area contributed by atoms with Gasteiger partial charge in [-0.25, -0.2) is 15.0 Å². The van der Waals surface area contributed by atoms with Gasteiger partial charge in [-0.1, -0.05) is 91.0 Å². The molecule has 2 heterocycles. The molecule has 0 saturated carbocycles. The summed E-state index contributed by atoms with van der Waals surface area (Å²) in [4.78, 5) is 20.0. The van der Waals surface area contributed by atoms with E-state index in [9.17, 15) is 0 Å². The van der Waals surface area contributed by atoms with Gasteiger partial charge in [0.15, 0.2) is 17.5 Å². The van der Waals surface area contributed by atoms with Crippen molar-refractivity contribution in [1.82, 2.24) is 19.9 Å². The third-order valence-electron chi connectivity index (χ3n) is 9.07. The van der Waals surface area contributed by atoms with E-state index in [-0.39, 0.29) is 0 Å². The number of rotatable bonds is 5. The number of hydrogen-bond donors (Lipinski definition) is 0. The van der Waals surface area contributed by atoms with Crippen LogP contribution in [0.25, 0.3) is 68.6 Å². The molecule has 6 aromatic rings. The van der Waals surface area contributed by atoms with Crippen molar-refractivity contribution in [3.8, 4) is 56.4 Å². The lowest BCUT2D eigenvalue weighted by Crippen LogP contribution is -2.07. The van der Waals surface area contributed by atoms with Crippen LogP contribution in [0, 0.1) is 13.8 Å². The molecular formula is C42H34N4. The molecule has 2 aromatic heterocycles. The van der Waals surface area contributed by atoms with Crippen molar-refractivity contribution in [2.24, 2.45) is 0 Å². The van der Waals surface area contributed by atoms with Crippen molar-refractivity contribution in [2.75, 3.05) is 0 Å². The van der Waals surface area contributed by atoms with Crippen LogP contribution in [0.3, 0.4) is 0 Å². The van der Waals surface area contributed by atoms with Crippen LogP contribution in [0.4, 0.5) is 0 Å². The molecule has 4 nitrogen and oxygen atoms in total. The van der Waals surface area contributed by atoms with Crippen molar-refractivity contribution >= 4 is 12.2 Å². The number of nitrogens with zero attached hydrogens (tertiary/aromatic N) is 4. The summed E-state index contributed by atoms with van der Waals surface area (Å²) in [6.07, 6.45) is 13.7. The highest BCUT2D eigenvalue weighted by molar-refractivity contribution is 5.87. The second-order valence-corrected chi connectivity index (χ2v) is 12.2. The molecular weight excluding hydrogens is 560 g/mol. The topological polar surface area (TPSA) is 51.6 Å². The predicted molar refractivity (Wildman–Crippen MR) is 189 cm³/mol. The summed E-state index contributed by atoms with van der Waals surface area (Å²) >= 11 is 0. The molecule has 0 spiro atoms. The lowest BCUT2D eigenvalue weighted by Gasteiger charge is -2.24. The van der Waals surface area contributed by atoms with Gasteiger partial charge in [0.05, 0.1) is 0 Å². The lowest BCUT2D eigenvalue weighted by atomic mass is 9.80. The molecule has 0 radical (unpaired) electrons. The molecule has 0 amide bonds. The van der Waals surface area contributed by atoms with E-state index in [4.69, 9.17) is 19.9 Å².